The number of halogens is 1. The van der Waals surface area contributed by atoms with Crippen molar-refractivity contribution in [3.63, 3.8) is 0 Å². The number of nitrogens with zero attached hydrogens (tertiary/aromatic N) is 1. The van der Waals surface area contributed by atoms with Gasteiger partial charge in [0.2, 0.25) is 11.8 Å². The lowest BCUT2D eigenvalue weighted by atomic mass is 9.96. The number of hydrogen-bond donors (Lipinski definition) is 3. The Balaban J connectivity index is 0.000000235. The molecule has 0 radical (unpaired) electrons. The molecule has 7 heteroatoms. The van der Waals surface area contributed by atoms with E-state index in [0.29, 0.717) is 0 Å². The van der Waals surface area contributed by atoms with E-state index < -0.39 is 0 Å². The van der Waals surface area contributed by atoms with Crippen molar-refractivity contribution in [3.05, 3.63) is 0 Å². The third kappa shape index (κ3) is 7.42. The van der Waals surface area contributed by atoms with Gasteiger partial charge < -0.3 is 21.7 Å². The minimum absolute atomic E-state index is 0.104. The molecular weight excluding hydrogens is 304 g/mol. The van der Waals surface area contributed by atoms with Crippen molar-refractivity contribution >= 4 is 23.4 Å². The Kier molecular flexibility index (Phi) is 9.43. The molecule has 0 atom stereocenters. The van der Waals surface area contributed by atoms with Gasteiger partial charge in [-0.1, -0.05) is 0 Å². The minimum atomic E-state index is -0.142. The van der Waals surface area contributed by atoms with Crippen LogP contribution >= 0.6 is 11.6 Å². The molecule has 2 amide bonds. The highest BCUT2D eigenvalue weighted by atomic mass is 35.5. The van der Waals surface area contributed by atoms with Crippen LogP contribution in [0.4, 0.5) is 0 Å². The Labute approximate surface area is 137 Å². The van der Waals surface area contributed by atoms with Crippen molar-refractivity contribution in [2.45, 2.75) is 32.1 Å². The number of nitrogens with two attached hydrogens (primary N) is 2. The first-order valence-electron chi connectivity index (χ1n) is 8.12. The SMILES string of the molecule is NC(=O)C1CCN(CCCCl)CC1.NC(=O)C1CCNCC1. The number of rotatable bonds is 5. The van der Waals surface area contributed by atoms with E-state index in [4.69, 9.17) is 23.1 Å². The lowest BCUT2D eigenvalue weighted by Gasteiger charge is -2.30. The van der Waals surface area contributed by atoms with Crippen molar-refractivity contribution in [2.24, 2.45) is 23.3 Å². The van der Waals surface area contributed by atoms with Gasteiger partial charge in [0, 0.05) is 17.7 Å². The molecule has 5 N–H and O–H groups in total. The summed E-state index contributed by atoms with van der Waals surface area (Å²) in [4.78, 5) is 23.8. The quantitative estimate of drug-likeness (QED) is 0.629. The van der Waals surface area contributed by atoms with Gasteiger partial charge in [-0.25, -0.2) is 0 Å². The molecule has 0 spiro atoms. The van der Waals surface area contributed by atoms with E-state index in [0.717, 1.165) is 70.7 Å². The van der Waals surface area contributed by atoms with Gasteiger partial charge in [-0.05, 0) is 64.8 Å². The zero-order valence-electron chi connectivity index (χ0n) is 13.2. The Bertz CT molecular complexity index is 340. The second-order valence-corrected chi connectivity index (χ2v) is 6.37. The largest absolute Gasteiger partial charge is 0.369 e. The van der Waals surface area contributed by atoms with Crippen molar-refractivity contribution in [3.8, 4) is 0 Å². The number of alkyl halides is 1. The number of carbonyl (C=O) groups excluding carboxylic acids is 2. The Morgan fingerprint density at radius 1 is 1.00 bits per heavy atom. The van der Waals surface area contributed by atoms with Gasteiger partial charge in [-0.15, -0.1) is 11.6 Å². The van der Waals surface area contributed by atoms with E-state index in [1.54, 1.807) is 0 Å². The van der Waals surface area contributed by atoms with Crippen LogP contribution in [0.5, 0.6) is 0 Å². The lowest BCUT2D eigenvalue weighted by Crippen LogP contribution is -2.38. The maximum atomic E-state index is 10.9. The maximum absolute atomic E-state index is 10.9. The van der Waals surface area contributed by atoms with Gasteiger partial charge in [-0.3, -0.25) is 9.59 Å². The van der Waals surface area contributed by atoms with Gasteiger partial charge in [0.25, 0.3) is 0 Å². The van der Waals surface area contributed by atoms with Gasteiger partial charge >= 0.3 is 0 Å². The Morgan fingerprint density at radius 3 is 1.91 bits per heavy atom. The third-order valence-corrected chi connectivity index (χ3v) is 4.61. The molecule has 0 saturated carbocycles. The van der Waals surface area contributed by atoms with E-state index in [-0.39, 0.29) is 23.7 Å². The molecule has 2 fully saturated rings. The predicted octanol–water partition coefficient (Wildman–Crippen LogP) is 0.284. The number of piperidine rings is 2. The number of carbonyl (C=O) groups is 2. The molecule has 2 rings (SSSR count). The lowest BCUT2D eigenvalue weighted by molar-refractivity contribution is -0.123. The second kappa shape index (κ2) is 10.8. The first-order chi connectivity index (χ1) is 10.5. The van der Waals surface area contributed by atoms with Crippen molar-refractivity contribution < 1.29 is 9.59 Å². The predicted molar refractivity (Wildman–Crippen MR) is 88.5 cm³/mol. The normalized spacial score (nSPS) is 21.0. The van der Waals surface area contributed by atoms with Crippen LogP contribution < -0.4 is 16.8 Å². The highest BCUT2D eigenvalue weighted by molar-refractivity contribution is 6.17. The fraction of sp³-hybridized carbons (Fsp3) is 0.867. The molecule has 2 aliphatic heterocycles. The zero-order valence-corrected chi connectivity index (χ0v) is 14.0. The number of nitrogens with one attached hydrogen (secondary N) is 1. The Morgan fingerprint density at radius 2 is 1.50 bits per heavy atom. The molecule has 2 heterocycles. The van der Waals surface area contributed by atoms with Crippen LogP contribution in [-0.2, 0) is 9.59 Å². The summed E-state index contributed by atoms with van der Waals surface area (Å²) in [5, 5.41) is 3.16. The van der Waals surface area contributed by atoms with Crippen molar-refractivity contribution in [1.82, 2.24) is 10.2 Å². The van der Waals surface area contributed by atoms with Crippen LogP contribution in [-0.4, -0.2) is 55.3 Å². The molecule has 0 aromatic heterocycles. The van der Waals surface area contributed by atoms with Gasteiger partial charge in [-0.2, -0.15) is 0 Å². The van der Waals surface area contributed by atoms with Gasteiger partial charge in [0.1, 0.15) is 0 Å². The summed E-state index contributed by atoms with van der Waals surface area (Å²) >= 11 is 5.60. The Hall–Kier alpha value is -0.850. The topological polar surface area (TPSA) is 101 Å². The van der Waals surface area contributed by atoms with Crippen molar-refractivity contribution in [2.75, 3.05) is 38.6 Å². The fourth-order valence-corrected chi connectivity index (χ4v) is 2.95. The van der Waals surface area contributed by atoms with E-state index in [1.807, 2.05) is 0 Å². The summed E-state index contributed by atoms with van der Waals surface area (Å²) in [6.45, 7) is 4.91. The second-order valence-electron chi connectivity index (χ2n) is 5.99. The van der Waals surface area contributed by atoms with Crippen molar-refractivity contribution in [1.29, 1.82) is 0 Å². The maximum Gasteiger partial charge on any atom is 0.220 e. The van der Waals surface area contributed by atoms with E-state index >= 15 is 0 Å². The molecule has 22 heavy (non-hydrogen) atoms. The molecule has 0 aromatic carbocycles. The standard InChI is InChI=1S/C9H17ClN2O.C6H12N2O/c10-4-1-5-12-6-2-8(3-7-12)9(11)13;7-6(9)5-1-3-8-4-2-5/h8H,1-7H2,(H2,11,13);5,8H,1-4H2,(H2,7,9). The highest BCUT2D eigenvalue weighted by Crippen LogP contribution is 2.16. The molecule has 2 aliphatic rings. The summed E-state index contributed by atoms with van der Waals surface area (Å²) in [6, 6.07) is 0. The molecule has 128 valence electrons. The fourth-order valence-electron chi connectivity index (χ4n) is 2.83. The molecule has 0 aromatic rings. The molecule has 6 nitrogen and oxygen atoms in total. The number of likely N-dealkylation sites (tertiary alicyclic amines) is 1. The summed E-state index contributed by atoms with van der Waals surface area (Å²) in [5.41, 5.74) is 10.3. The average Bonchev–Trinajstić information content (AvgIpc) is 2.54. The van der Waals surface area contributed by atoms with Gasteiger partial charge in [0.05, 0.1) is 0 Å². The van der Waals surface area contributed by atoms with E-state index in [1.165, 1.54) is 0 Å². The number of primary amides is 2. The molecule has 0 unspecified atom stereocenters. The smallest absolute Gasteiger partial charge is 0.220 e. The number of amides is 2. The van der Waals surface area contributed by atoms with Crippen LogP contribution in [0.15, 0.2) is 0 Å². The average molecular weight is 333 g/mol. The van der Waals surface area contributed by atoms with Crippen LogP contribution in [0.25, 0.3) is 0 Å². The molecule has 2 saturated heterocycles. The number of hydrogen-bond acceptors (Lipinski definition) is 4. The minimum Gasteiger partial charge on any atom is -0.369 e. The first-order valence-corrected chi connectivity index (χ1v) is 8.65. The first kappa shape index (κ1) is 19.2. The van der Waals surface area contributed by atoms with Crippen LogP contribution in [0, 0.1) is 11.8 Å². The van der Waals surface area contributed by atoms with Crippen LogP contribution in [0.2, 0.25) is 0 Å². The summed E-state index contributed by atoms with van der Waals surface area (Å²) < 4.78 is 0. The van der Waals surface area contributed by atoms with Gasteiger partial charge in [0.15, 0.2) is 0 Å². The molecule has 0 aliphatic carbocycles. The summed E-state index contributed by atoms with van der Waals surface area (Å²) in [5.74, 6) is 0.669. The zero-order chi connectivity index (χ0) is 16.4. The third-order valence-electron chi connectivity index (χ3n) is 4.34. The van der Waals surface area contributed by atoms with Crippen LogP contribution in [0.3, 0.4) is 0 Å². The molecular formula is C15H29ClN4O2. The highest BCUT2D eigenvalue weighted by Gasteiger charge is 2.22. The van der Waals surface area contributed by atoms with Crippen LogP contribution in [0.1, 0.15) is 32.1 Å². The van der Waals surface area contributed by atoms with E-state index in [9.17, 15) is 9.59 Å². The summed E-state index contributed by atoms with van der Waals surface area (Å²) in [7, 11) is 0. The monoisotopic (exact) mass is 332 g/mol. The van der Waals surface area contributed by atoms with E-state index in [2.05, 4.69) is 10.2 Å². The summed E-state index contributed by atoms with van der Waals surface area (Å²) in [6.07, 6.45) is 4.68. The molecule has 0 bridgehead atoms.